The van der Waals surface area contributed by atoms with Gasteiger partial charge in [0.1, 0.15) is 0 Å². The van der Waals surface area contributed by atoms with Crippen molar-refractivity contribution in [2.45, 2.75) is 0 Å². The molecule has 1 nitrogen and oxygen atoms in total. The predicted molar refractivity (Wildman–Crippen MR) is 9.55 cm³/mol. The zero-order chi connectivity index (χ0) is 9.33. The fraction of sp³-hybridized carbons (Fsp3) is 0. The van der Waals surface area contributed by atoms with Crippen LogP contribution < -0.4 is 0 Å². The van der Waals surface area contributed by atoms with Crippen molar-refractivity contribution in [1.29, 1.82) is 0 Å². The quantitative estimate of drug-likeness (QED) is 0.571. The SMILES string of the molecule is [O]=[V]([F])([F])([F])([F])([F])([F])([F])[F]. The topological polar surface area (TPSA) is 17.1 Å². The Balaban J connectivity index is 6.95. The molecule has 0 unspecified atom stereocenters. The Hall–Kier alpha value is -0.176. The summed E-state index contributed by atoms with van der Waals surface area (Å²) >= 11 is -16.9. The molecule has 0 aliphatic rings. The van der Waals surface area contributed by atoms with E-state index in [-0.39, 0.29) is 0 Å². The molecule has 0 aromatic rings. The van der Waals surface area contributed by atoms with Crippen molar-refractivity contribution in [3.63, 3.8) is 0 Å². The van der Waals surface area contributed by atoms with Crippen molar-refractivity contribution in [3.8, 4) is 0 Å². The summed E-state index contributed by atoms with van der Waals surface area (Å²) < 4.78 is 88.2. The summed E-state index contributed by atoms with van der Waals surface area (Å²) in [5.74, 6) is 0. The fourth-order valence-electron chi connectivity index (χ4n) is 0. The van der Waals surface area contributed by atoms with Crippen molar-refractivity contribution in [3.05, 3.63) is 0 Å². The Morgan fingerprint density at radius 2 is 0.600 bits per heavy atom. The molecule has 0 saturated carbocycles. The van der Waals surface area contributed by atoms with Crippen molar-refractivity contribution < 1.29 is 43.1 Å². The Morgan fingerprint density at radius 3 is 0.600 bits per heavy atom. The molecule has 67 valence electrons. The van der Waals surface area contributed by atoms with E-state index in [4.69, 9.17) is 3.67 Å². The van der Waals surface area contributed by atoms with Crippen LogP contribution in [0.5, 0.6) is 0 Å². The van der Waals surface area contributed by atoms with E-state index in [0.717, 1.165) is 0 Å². The molecule has 0 heterocycles. The van der Waals surface area contributed by atoms with E-state index >= 15 is 0 Å². The molecule has 0 aliphatic carbocycles. The fourth-order valence-corrected chi connectivity index (χ4v) is 0. The van der Waals surface area contributed by atoms with Crippen LogP contribution in [0.3, 0.4) is 0 Å². The van der Waals surface area contributed by atoms with Gasteiger partial charge in [0, 0.05) is 0 Å². The summed E-state index contributed by atoms with van der Waals surface area (Å²) in [5, 5.41) is 0. The number of halogens is 8. The van der Waals surface area contributed by atoms with Crippen LogP contribution in [0.4, 0.5) is 27.3 Å². The maximum atomic E-state index is 10.0. The van der Waals surface area contributed by atoms with E-state index in [2.05, 4.69) is 0 Å². The average Bonchev–Trinajstić information content (AvgIpc) is 0.469. The van der Waals surface area contributed by atoms with Gasteiger partial charge in [-0.1, -0.05) is 0 Å². The Morgan fingerprint density at radius 1 is 0.600 bits per heavy atom. The predicted octanol–water partition coefficient (Wildman–Crippen LogP) is 3.24. The molecule has 0 rings (SSSR count). The van der Waals surface area contributed by atoms with Gasteiger partial charge in [0.25, 0.3) is 0 Å². The maximum absolute atomic E-state index is 16.9. The molecule has 10 heavy (non-hydrogen) atoms. The van der Waals surface area contributed by atoms with Crippen molar-refractivity contribution >= 4 is 0 Å². The number of hydrogen-bond acceptors (Lipinski definition) is 1. The van der Waals surface area contributed by atoms with Gasteiger partial charge < -0.3 is 0 Å². The molecule has 0 N–H and O–H groups in total. The average molecular weight is 219 g/mol. The second kappa shape index (κ2) is 0.421. The molecule has 0 saturated heterocycles. The van der Waals surface area contributed by atoms with Crippen molar-refractivity contribution in [2.75, 3.05) is 0 Å². The molecule has 0 fully saturated rings. The van der Waals surface area contributed by atoms with Crippen LogP contribution in [0, 0.1) is 0 Å². The van der Waals surface area contributed by atoms with E-state index in [1.165, 1.54) is 0 Å². The molecular formula is F8OV. The molecule has 0 aromatic heterocycles. The Bertz CT molecular complexity index is 305. The van der Waals surface area contributed by atoms with Gasteiger partial charge in [-0.15, -0.1) is 0 Å². The van der Waals surface area contributed by atoms with E-state index in [0.29, 0.717) is 0 Å². The number of hydrogen-bond donors (Lipinski definition) is 0. The van der Waals surface area contributed by atoms with Crippen molar-refractivity contribution in [1.82, 2.24) is 0 Å². The Labute approximate surface area is 44.1 Å². The van der Waals surface area contributed by atoms with E-state index in [9.17, 15) is 27.3 Å². The summed E-state index contributed by atoms with van der Waals surface area (Å²) in [6.45, 7) is 0. The van der Waals surface area contributed by atoms with Crippen molar-refractivity contribution in [2.24, 2.45) is 0 Å². The molecule has 0 atom stereocenters. The molecule has 0 bridgehead atoms. The third-order valence-electron chi connectivity index (χ3n) is 0. The van der Waals surface area contributed by atoms with Crippen LogP contribution in [0.25, 0.3) is 0 Å². The zero-order valence-corrected chi connectivity index (χ0v) is 5.28. The summed E-state index contributed by atoms with van der Waals surface area (Å²) in [7, 11) is 0. The second-order valence-electron chi connectivity index (χ2n) is 2.34. The van der Waals surface area contributed by atoms with Crippen LogP contribution in [-0.2, 0) is 15.8 Å². The van der Waals surface area contributed by atoms with Gasteiger partial charge in [-0.3, -0.25) is 0 Å². The van der Waals surface area contributed by atoms with Crippen LogP contribution in [-0.4, -0.2) is 0 Å². The summed E-state index contributed by atoms with van der Waals surface area (Å²) in [5.41, 5.74) is 0. The third kappa shape index (κ3) is 11800. The molecule has 0 aliphatic heterocycles. The van der Waals surface area contributed by atoms with Gasteiger partial charge in [0.2, 0.25) is 0 Å². The summed E-state index contributed by atoms with van der Waals surface area (Å²) in [4.78, 5) is 0. The Kier molecular flexibility index (Phi) is 0.414. The third-order valence-corrected chi connectivity index (χ3v) is 0. The standard InChI is InChI=1S/8FH.O.V/h8*1H;;/q;;;;;;;;;+8/p-8. The first kappa shape index (κ1) is 9.82. The zero-order valence-electron chi connectivity index (χ0n) is 3.88. The number of rotatable bonds is 0. The molecule has 0 amide bonds. The van der Waals surface area contributed by atoms with Gasteiger partial charge in [0.15, 0.2) is 0 Å². The summed E-state index contributed by atoms with van der Waals surface area (Å²) in [6.07, 6.45) is 0. The first-order chi connectivity index (χ1) is 3.00. The monoisotopic (exact) mass is 219 g/mol. The van der Waals surface area contributed by atoms with Gasteiger partial charge >= 0.3 is 43.1 Å². The van der Waals surface area contributed by atoms with Crippen LogP contribution in [0.1, 0.15) is 0 Å². The summed E-state index contributed by atoms with van der Waals surface area (Å²) in [6, 6.07) is 0. The van der Waals surface area contributed by atoms with Crippen LogP contribution in [0.15, 0.2) is 0 Å². The van der Waals surface area contributed by atoms with Crippen LogP contribution >= 0.6 is 0 Å². The molecule has 0 aromatic carbocycles. The first-order valence-electron chi connectivity index (χ1n) is 1.53. The van der Waals surface area contributed by atoms with Gasteiger partial charge in [-0.25, -0.2) is 0 Å². The minimum atomic E-state index is -16.9. The first-order valence-corrected chi connectivity index (χ1v) is 6.33. The minimum absolute atomic E-state index is 7.80. The second-order valence-corrected chi connectivity index (χ2v) is 9.65. The van der Waals surface area contributed by atoms with Gasteiger partial charge in [-0.05, 0) is 0 Å². The molecule has 0 radical (unpaired) electrons. The normalized spacial score (nSPS) is 35.0. The van der Waals surface area contributed by atoms with E-state index in [1.807, 2.05) is 0 Å². The van der Waals surface area contributed by atoms with Gasteiger partial charge in [0.05, 0.1) is 0 Å². The van der Waals surface area contributed by atoms with Crippen LogP contribution in [0.2, 0.25) is 0 Å². The van der Waals surface area contributed by atoms with E-state index in [1.54, 1.807) is 0 Å². The van der Waals surface area contributed by atoms with Gasteiger partial charge in [-0.2, -0.15) is 0 Å². The molecule has 10 heteroatoms. The molecular weight excluding hydrogens is 219 g/mol. The molecule has 0 spiro atoms. The van der Waals surface area contributed by atoms with E-state index < -0.39 is 12.2 Å².